The van der Waals surface area contributed by atoms with E-state index in [9.17, 15) is 18.3 Å². The van der Waals surface area contributed by atoms with Gasteiger partial charge in [0.2, 0.25) is 10.0 Å². The molecule has 3 rings (SSSR count). The van der Waals surface area contributed by atoms with Crippen LogP contribution >= 0.6 is 11.6 Å². The van der Waals surface area contributed by atoms with Crippen molar-refractivity contribution in [1.82, 2.24) is 4.72 Å². The first kappa shape index (κ1) is 21.1. The van der Waals surface area contributed by atoms with Crippen LogP contribution in [0, 0.1) is 0 Å². The van der Waals surface area contributed by atoms with Gasteiger partial charge >= 0.3 is 5.97 Å². The number of benzene rings is 2. The molecule has 2 N–H and O–H groups in total. The molecule has 0 radical (unpaired) electrons. The van der Waals surface area contributed by atoms with Crippen molar-refractivity contribution in [1.29, 1.82) is 0 Å². The Balaban J connectivity index is 1.78. The molecular formula is C21H20ClNO5S. The molecule has 0 unspecified atom stereocenters. The van der Waals surface area contributed by atoms with Crippen LogP contribution in [0.5, 0.6) is 0 Å². The normalized spacial score (nSPS) is 11.5. The molecule has 29 heavy (non-hydrogen) atoms. The van der Waals surface area contributed by atoms with Crippen LogP contribution in [0.1, 0.15) is 27.2 Å². The Morgan fingerprint density at radius 2 is 1.79 bits per heavy atom. The minimum Gasteiger partial charge on any atom is -0.478 e. The van der Waals surface area contributed by atoms with Gasteiger partial charge in [0, 0.05) is 13.0 Å². The second-order valence-electron chi connectivity index (χ2n) is 6.46. The van der Waals surface area contributed by atoms with Gasteiger partial charge in [0.15, 0.2) is 0 Å². The highest BCUT2D eigenvalue weighted by Gasteiger charge is 2.22. The average molecular weight is 434 g/mol. The predicted octanol–water partition coefficient (Wildman–Crippen LogP) is 3.94. The van der Waals surface area contributed by atoms with Gasteiger partial charge in [0.1, 0.15) is 10.7 Å². The van der Waals surface area contributed by atoms with Crippen LogP contribution in [0.25, 0.3) is 0 Å². The number of carboxylic acids is 1. The summed E-state index contributed by atoms with van der Waals surface area (Å²) < 4.78 is 33.1. The number of aromatic carboxylic acids is 1. The Bertz CT molecular complexity index is 1080. The van der Waals surface area contributed by atoms with Crippen molar-refractivity contribution in [3.05, 3.63) is 88.3 Å². The van der Waals surface area contributed by atoms with Crippen molar-refractivity contribution in [3.8, 4) is 0 Å². The molecule has 152 valence electrons. The number of furan rings is 1. The molecule has 1 heterocycles. The number of carbonyl (C=O) groups is 1. The summed E-state index contributed by atoms with van der Waals surface area (Å²) in [6.45, 7) is 0.172. The monoisotopic (exact) mass is 433 g/mol. The summed E-state index contributed by atoms with van der Waals surface area (Å²) in [5.41, 5.74) is 1.34. The van der Waals surface area contributed by atoms with E-state index < -0.39 is 16.0 Å². The van der Waals surface area contributed by atoms with E-state index in [0.29, 0.717) is 30.6 Å². The first-order valence-electron chi connectivity index (χ1n) is 8.98. The minimum absolute atomic E-state index is 0.0170. The van der Waals surface area contributed by atoms with Gasteiger partial charge in [-0.05, 0) is 48.2 Å². The van der Waals surface area contributed by atoms with E-state index in [2.05, 4.69) is 4.72 Å². The highest BCUT2D eigenvalue weighted by molar-refractivity contribution is 7.89. The van der Waals surface area contributed by atoms with Gasteiger partial charge in [0.05, 0.1) is 16.8 Å². The Kier molecular flexibility index (Phi) is 6.74. The lowest BCUT2D eigenvalue weighted by atomic mass is 10.0. The molecule has 0 aliphatic carbocycles. The third-order valence-electron chi connectivity index (χ3n) is 4.45. The molecule has 0 saturated carbocycles. The zero-order valence-electron chi connectivity index (χ0n) is 15.5. The topological polar surface area (TPSA) is 96.6 Å². The number of halogens is 1. The first-order chi connectivity index (χ1) is 13.9. The second kappa shape index (κ2) is 9.26. The molecule has 0 bridgehead atoms. The van der Waals surface area contributed by atoms with Crippen LogP contribution in [-0.4, -0.2) is 26.0 Å². The fourth-order valence-electron chi connectivity index (χ4n) is 2.97. The fourth-order valence-corrected chi connectivity index (χ4v) is 4.58. The molecule has 2 aromatic carbocycles. The maximum absolute atomic E-state index is 12.7. The van der Waals surface area contributed by atoms with E-state index in [1.54, 1.807) is 12.1 Å². The number of hydrogen-bond acceptors (Lipinski definition) is 4. The van der Waals surface area contributed by atoms with Crippen LogP contribution in [0.3, 0.4) is 0 Å². The molecule has 0 atom stereocenters. The Morgan fingerprint density at radius 1 is 1.03 bits per heavy atom. The van der Waals surface area contributed by atoms with E-state index in [1.165, 1.54) is 12.3 Å². The summed E-state index contributed by atoms with van der Waals surface area (Å²) in [4.78, 5) is 11.4. The second-order valence-corrected chi connectivity index (χ2v) is 8.60. The van der Waals surface area contributed by atoms with Gasteiger partial charge in [0.25, 0.3) is 0 Å². The van der Waals surface area contributed by atoms with Crippen molar-refractivity contribution in [2.24, 2.45) is 0 Å². The zero-order valence-corrected chi connectivity index (χ0v) is 17.0. The van der Waals surface area contributed by atoms with Crippen molar-refractivity contribution in [2.45, 2.75) is 24.2 Å². The van der Waals surface area contributed by atoms with Gasteiger partial charge in [-0.25, -0.2) is 17.9 Å². The zero-order chi connectivity index (χ0) is 20.9. The molecule has 0 fully saturated rings. The Labute approximate surface area is 174 Å². The van der Waals surface area contributed by atoms with Crippen LogP contribution in [0.4, 0.5) is 0 Å². The van der Waals surface area contributed by atoms with Gasteiger partial charge < -0.3 is 9.52 Å². The smallest absolute Gasteiger partial charge is 0.336 e. The molecule has 0 spiro atoms. The maximum Gasteiger partial charge on any atom is 0.336 e. The van der Waals surface area contributed by atoms with E-state index in [4.69, 9.17) is 16.0 Å². The van der Waals surface area contributed by atoms with Crippen molar-refractivity contribution in [3.63, 3.8) is 0 Å². The van der Waals surface area contributed by atoms with Gasteiger partial charge in [-0.1, -0.05) is 41.9 Å². The number of carboxylic acid groups (broad SMARTS) is 1. The SMILES string of the molecule is O=C(O)c1cc(S(=O)(=O)NCCc2ccccc2)c(Cl)cc1CCc1ccco1. The van der Waals surface area contributed by atoms with Crippen LogP contribution in [0.15, 0.2) is 70.2 Å². The summed E-state index contributed by atoms with van der Waals surface area (Å²) in [5.74, 6) is -0.506. The third kappa shape index (κ3) is 5.47. The number of rotatable bonds is 9. The number of sulfonamides is 1. The summed E-state index contributed by atoms with van der Waals surface area (Å²) in [6.07, 6.45) is 2.88. The summed E-state index contributed by atoms with van der Waals surface area (Å²) in [5, 5.41) is 9.53. The molecule has 6 nitrogen and oxygen atoms in total. The van der Waals surface area contributed by atoms with Crippen molar-refractivity contribution >= 4 is 27.6 Å². The molecule has 0 amide bonds. The van der Waals surface area contributed by atoms with Gasteiger partial charge in [-0.15, -0.1) is 0 Å². The molecule has 0 aliphatic heterocycles. The van der Waals surface area contributed by atoms with Gasteiger partial charge in [-0.3, -0.25) is 0 Å². The Morgan fingerprint density at radius 3 is 2.45 bits per heavy atom. The summed E-state index contributed by atoms with van der Waals surface area (Å²) >= 11 is 6.21. The third-order valence-corrected chi connectivity index (χ3v) is 6.37. The molecule has 0 aliphatic rings. The van der Waals surface area contributed by atoms with E-state index in [1.807, 2.05) is 30.3 Å². The molecule has 1 aromatic heterocycles. The summed E-state index contributed by atoms with van der Waals surface area (Å²) in [6, 6.07) is 15.5. The molecular weight excluding hydrogens is 414 g/mol. The standard InChI is InChI=1S/C21H20ClNO5S/c22-19-13-16(8-9-17-7-4-12-28-17)18(21(24)25)14-20(19)29(26,27)23-11-10-15-5-2-1-3-6-15/h1-7,12-14,23H,8-11H2,(H,24,25). The molecule has 3 aromatic rings. The highest BCUT2D eigenvalue weighted by atomic mass is 35.5. The Hall–Kier alpha value is -2.61. The van der Waals surface area contributed by atoms with Crippen LogP contribution in [-0.2, 0) is 29.3 Å². The number of nitrogens with one attached hydrogen (secondary N) is 1. The van der Waals surface area contributed by atoms with E-state index in [-0.39, 0.29) is 22.0 Å². The summed E-state index contributed by atoms with van der Waals surface area (Å²) in [7, 11) is -3.96. The van der Waals surface area contributed by atoms with Gasteiger partial charge in [-0.2, -0.15) is 0 Å². The predicted molar refractivity (Wildman–Crippen MR) is 110 cm³/mol. The molecule has 8 heteroatoms. The lowest BCUT2D eigenvalue weighted by Gasteiger charge is -2.12. The maximum atomic E-state index is 12.7. The minimum atomic E-state index is -3.96. The largest absolute Gasteiger partial charge is 0.478 e. The van der Waals surface area contributed by atoms with Crippen molar-refractivity contribution in [2.75, 3.05) is 6.54 Å². The first-order valence-corrected chi connectivity index (χ1v) is 10.8. The van der Waals surface area contributed by atoms with Crippen LogP contribution in [0.2, 0.25) is 5.02 Å². The van der Waals surface area contributed by atoms with E-state index >= 15 is 0 Å². The fraction of sp³-hybridized carbons (Fsp3) is 0.190. The highest BCUT2D eigenvalue weighted by Crippen LogP contribution is 2.27. The lowest BCUT2D eigenvalue weighted by Crippen LogP contribution is -2.26. The number of aryl methyl sites for hydroxylation is 2. The van der Waals surface area contributed by atoms with E-state index in [0.717, 1.165) is 11.6 Å². The number of hydrogen-bond donors (Lipinski definition) is 2. The average Bonchev–Trinajstić information content (AvgIpc) is 3.20. The van der Waals surface area contributed by atoms with Crippen LogP contribution < -0.4 is 4.72 Å². The quantitative estimate of drug-likeness (QED) is 0.532. The van der Waals surface area contributed by atoms with Crippen molar-refractivity contribution < 1.29 is 22.7 Å². The molecule has 0 saturated heterocycles. The lowest BCUT2D eigenvalue weighted by molar-refractivity contribution is 0.0695.